The number of hydrogen-bond donors (Lipinski definition) is 0. The van der Waals surface area contributed by atoms with E-state index in [1.165, 1.54) is 18.3 Å². The van der Waals surface area contributed by atoms with Crippen LogP contribution in [0.5, 0.6) is 11.5 Å². The Morgan fingerprint density at radius 1 is 0.938 bits per heavy atom. The number of halogens is 1. The fourth-order valence-electron chi connectivity index (χ4n) is 3.22. The lowest BCUT2D eigenvalue weighted by atomic mass is 10.1. The van der Waals surface area contributed by atoms with Gasteiger partial charge in [-0.2, -0.15) is 0 Å². The van der Waals surface area contributed by atoms with Gasteiger partial charge in [0.1, 0.15) is 21.7 Å². The predicted molar refractivity (Wildman–Crippen MR) is 131 cm³/mol. The molecule has 0 spiro atoms. The van der Waals surface area contributed by atoms with Crippen LogP contribution in [-0.4, -0.2) is 63.0 Å². The van der Waals surface area contributed by atoms with E-state index in [1.54, 1.807) is 43.4 Å². The highest BCUT2D eigenvalue weighted by atomic mass is 35.5. The van der Waals surface area contributed by atoms with Crippen molar-refractivity contribution in [2.75, 3.05) is 46.3 Å². The van der Waals surface area contributed by atoms with Crippen LogP contribution in [0.15, 0.2) is 36.4 Å². The smallest absolute Gasteiger partial charge is 0.260 e. The molecule has 0 radical (unpaired) electrons. The molecule has 0 saturated heterocycles. The van der Waals surface area contributed by atoms with Gasteiger partial charge in [0.25, 0.3) is 5.91 Å². The van der Waals surface area contributed by atoms with E-state index in [0.717, 1.165) is 17.7 Å². The Bertz CT molecular complexity index is 1040. The Labute approximate surface area is 198 Å². The number of nitrogens with zero attached hydrogens (tertiary/aromatic N) is 3. The molecule has 0 aliphatic heterocycles. The minimum absolute atomic E-state index is 0. The Kier molecular flexibility index (Phi) is 9.00. The maximum absolute atomic E-state index is 13.4. The van der Waals surface area contributed by atoms with Gasteiger partial charge in [-0.1, -0.05) is 23.5 Å². The summed E-state index contributed by atoms with van der Waals surface area (Å²) >= 11 is 1.40. The summed E-state index contributed by atoms with van der Waals surface area (Å²) < 4.78 is 11.8. The van der Waals surface area contributed by atoms with Gasteiger partial charge in [-0.25, -0.2) is 4.98 Å². The zero-order valence-electron chi connectivity index (χ0n) is 18.9. The van der Waals surface area contributed by atoms with Crippen LogP contribution >= 0.6 is 23.7 Å². The number of anilines is 1. The van der Waals surface area contributed by atoms with E-state index < -0.39 is 0 Å². The molecule has 3 rings (SSSR count). The summed E-state index contributed by atoms with van der Waals surface area (Å²) in [5.41, 5.74) is 1.75. The zero-order valence-corrected chi connectivity index (χ0v) is 20.5. The number of ether oxygens (including phenoxy) is 2. The summed E-state index contributed by atoms with van der Waals surface area (Å²) in [6, 6.07) is 10.4. The van der Waals surface area contributed by atoms with Crippen LogP contribution in [0.2, 0.25) is 0 Å². The Morgan fingerprint density at radius 3 is 2.09 bits per heavy atom. The first-order valence-corrected chi connectivity index (χ1v) is 10.8. The molecule has 0 saturated carbocycles. The standard InChI is InChI=1S/C23H27N3O4S.ClH/c1-15(27)16-7-9-17(10-8-16)22(28)26(14-6-13-25(2)3)23-24-20-18(29-4)11-12-19(30-5)21(20)31-23;/h7-12H,6,13-14H2,1-5H3;1H. The number of hydrogen-bond acceptors (Lipinski definition) is 7. The number of amides is 1. The third-order valence-electron chi connectivity index (χ3n) is 4.90. The van der Waals surface area contributed by atoms with Crippen molar-refractivity contribution in [2.24, 2.45) is 0 Å². The van der Waals surface area contributed by atoms with Gasteiger partial charge >= 0.3 is 0 Å². The minimum Gasteiger partial charge on any atom is -0.495 e. The summed E-state index contributed by atoms with van der Waals surface area (Å²) in [6.45, 7) is 2.85. The van der Waals surface area contributed by atoms with Crippen molar-refractivity contribution >= 4 is 50.8 Å². The second kappa shape index (κ2) is 11.3. The molecular formula is C23H28ClN3O4S. The Hall–Kier alpha value is -2.68. The molecule has 0 N–H and O–H groups in total. The number of methoxy groups -OCH3 is 2. The number of carbonyl (C=O) groups is 2. The molecule has 0 atom stereocenters. The average molecular weight is 478 g/mol. The quantitative estimate of drug-likeness (QED) is 0.421. The van der Waals surface area contributed by atoms with Gasteiger partial charge in [0.15, 0.2) is 10.9 Å². The molecule has 1 aromatic heterocycles. The lowest BCUT2D eigenvalue weighted by molar-refractivity contribution is 0.0981. The van der Waals surface area contributed by atoms with Gasteiger partial charge in [-0.15, -0.1) is 12.4 Å². The van der Waals surface area contributed by atoms with Gasteiger partial charge in [0, 0.05) is 17.7 Å². The Balaban J connectivity index is 0.00000363. The number of thiazole rings is 1. The first-order chi connectivity index (χ1) is 14.8. The van der Waals surface area contributed by atoms with Crippen molar-refractivity contribution in [1.82, 2.24) is 9.88 Å². The summed E-state index contributed by atoms with van der Waals surface area (Å²) in [7, 11) is 7.20. The van der Waals surface area contributed by atoms with E-state index >= 15 is 0 Å². The number of ketones is 1. The maximum Gasteiger partial charge on any atom is 0.260 e. The van der Waals surface area contributed by atoms with Crippen molar-refractivity contribution in [3.63, 3.8) is 0 Å². The van der Waals surface area contributed by atoms with Crippen molar-refractivity contribution in [1.29, 1.82) is 0 Å². The fourth-order valence-corrected chi connectivity index (χ4v) is 4.32. The number of Topliss-reactive ketones (excluding diaryl/α,β-unsaturated/α-hetero) is 1. The molecule has 2 aromatic carbocycles. The second-order valence-corrected chi connectivity index (χ2v) is 8.37. The molecule has 0 fully saturated rings. The largest absolute Gasteiger partial charge is 0.495 e. The van der Waals surface area contributed by atoms with Crippen molar-refractivity contribution < 1.29 is 19.1 Å². The predicted octanol–water partition coefficient (Wildman–Crippen LogP) is 4.54. The fraction of sp³-hybridized carbons (Fsp3) is 0.348. The topological polar surface area (TPSA) is 72.0 Å². The number of aromatic nitrogens is 1. The van der Waals surface area contributed by atoms with Crippen LogP contribution in [0.25, 0.3) is 10.2 Å². The van der Waals surface area contributed by atoms with Crippen LogP contribution in [-0.2, 0) is 0 Å². The lowest BCUT2D eigenvalue weighted by Gasteiger charge is -2.21. The Morgan fingerprint density at radius 2 is 1.53 bits per heavy atom. The first-order valence-electron chi connectivity index (χ1n) is 9.94. The van der Waals surface area contributed by atoms with E-state index in [9.17, 15) is 9.59 Å². The van der Waals surface area contributed by atoms with E-state index in [0.29, 0.717) is 39.8 Å². The minimum atomic E-state index is -0.161. The summed E-state index contributed by atoms with van der Waals surface area (Å²) in [5, 5.41) is 0.581. The van der Waals surface area contributed by atoms with Gasteiger partial charge in [-0.05, 0) is 58.3 Å². The average Bonchev–Trinajstić information content (AvgIpc) is 3.20. The van der Waals surface area contributed by atoms with Gasteiger partial charge in [0.2, 0.25) is 0 Å². The molecule has 0 aliphatic rings. The molecule has 9 heteroatoms. The highest BCUT2D eigenvalue weighted by Crippen LogP contribution is 2.40. The van der Waals surface area contributed by atoms with Crippen LogP contribution in [0, 0.1) is 0 Å². The van der Waals surface area contributed by atoms with Crippen molar-refractivity contribution in [3.8, 4) is 11.5 Å². The van der Waals surface area contributed by atoms with Crippen molar-refractivity contribution in [2.45, 2.75) is 13.3 Å². The van der Waals surface area contributed by atoms with E-state index in [4.69, 9.17) is 14.5 Å². The van der Waals surface area contributed by atoms with Gasteiger partial charge < -0.3 is 14.4 Å². The number of rotatable bonds is 9. The molecule has 1 heterocycles. The van der Waals surface area contributed by atoms with Crippen LogP contribution in [0.1, 0.15) is 34.1 Å². The third kappa shape index (κ3) is 5.56. The first kappa shape index (κ1) is 25.6. The molecule has 1 amide bonds. The highest BCUT2D eigenvalue weighted by molar-refractivity contribution is 7.22. The maximum atomic E-state index is 13.4. The monoisotopic (exact) mass is 477 g/mol. The number of benzene rings is 2. The van der Waals surface area contributed by atoms with Gasteiger partial charge in [0.05, 0.1) is 14.2 Å². The molecule has 172 valence electrons. The van der Waals surface area contributed by atoms with Crippen LogP contribution in [0.4, 0.5) is 5.13 Å². The SMILES string of the molecule is COc1ccc(OC)c2sc(N(CCCN(C)C)C(=O)c3ccc(C(C)=O)cc3)nc12.Cl. The summed E-state index contributed by atoms with van der Waals surface area (Å²) in [5.74, 6) is 1.12. The highest BCUT2D eigenvalue weighted by Gasteiger charge is 2.23. The van der Waals surface area contributed by atoms with E-state index in [2.05, 4.69) is 4.90 Å². The molecule has 7 nitrogen and oxygen atoms in total. The number of fused-ring (bicyclic) bond motifs is 1. The van der Waals surface area contributed by atoms with Crippen molar-refractivity contribution in [3.05, 3.63) is 47.5 Å². The summed E-state index contributed by atoms with van der Waals surface area (Å²) in [4.78, 5) is 33.5. The third-order valence-corrected chi connectivity index (χ3v) is 5.99. The molecular weight excluding hydrogens is 450 g/mol. The summed E-state index contributed by atoms with van der Waals surface area (Å²) in [6.07, 6.45) is 0.786. The lowest BCUT2D eigenvalue weighted by Crippen LogP contribution is -2.33. The van der Waals surface area contributed by atoms with E-state index in [-0.39, 0.29) is 24.1 Å². The normalized spacial score (nSPS) is 10.7. The molecule has 3 aromatic rings. The molecule has 32 heavy (non-hydrogen) atoms. The van der Waals surface area contributed by atoms with Crippen LogP contribution in [0.3, 0.4) is 0 Å². The molecule has 0 unspecified atom stereocenters. The zero-order chi connectivity index (χ0) is 22.5. The van der Waals surface area contributed by atoms with Crippen LogP contribution < -0.4 is 14.4 Å². The molecule has 0 bridgehead atoms. The van der Waals surface area contributed by atoms with Gasteiger partial charge in [-0.3, -0.25) is 14.5 Å². The number of carbonyl (C=O) groups excluding carboxylic acids is 2. The molecule has 0 aliphatic carbocycles. The van der Waals surface area contributed by atoms with E-state index in [1.807, 2.05) is 26.2 Å². The second-order valence-electron chi connectivity index (χ2n) is 7.39.